The summed E-state index contributed by atoms with van der Waals surface area (Å²) >= 11 is 5.12. The lowest BCUT2D eigenvalue weighted by atomic mass is 10.2. The van der Waals surface area contributed by atoms with E-state index in [-0.39, 0.29) is 0 Å². The first-order valence-electron chi connectivity index (χ1n) is 6.46. The molecule has 6 heteroatoms. The van der Waals surface area contributed by atoms with Gasteiger partial charge in [-0.25, -0.2) is 4.98 Å². The molecule has 4 nitrogen and oxygen atoms in total. The number of hydrogen-bond donors (Lipinski definition) is 1. The van der Waals surface area contributed by atoms with Gasteiger partial charge in [-0.2, -0.15) is 5.26 Å². The topological polar surface area (TPSA) is 53.1 Å². The van der Waals surface area contributed by atoms with Gasteiger partial charge in [0.25, 0.3) is 0 Å². The van der Waals surface area contributed by atoms with Gasteiger partial charge < -0.3 is 5.32 Å². The standard InChI is InChI=1S/C15H13BrN4S/c1-9-8-20-14(10(2)19-15(20)21-9)7-18-13-5-12(16)4-3-11(13)6-17/h3-5,8,18H,7H2,1-2H3. The van der Waals surface area contributed by atoms with Crippen molar-refractivity contribution in [2.45, 2.75) is 20.4 Å². The number of fused-ring (bicyclic) bond motifs is 1. The first-order chi connectivity index (χ1) is 10.1. The van der Waals surface area contributed by atoms with Crippen LogP contribution in [0.25, 0.3) is 4.96 Å². The third-order valence-corrected chi connectivity index (χ3v) is 4.68. The van der Waals surface area contributed by atoms with Crippen molar-refractivity contribution >= 4 is 37.9 Å². The van der Waals surface area contributed by atoms with E-state index in [4.69, 9.17) is 0 Å². The molecule has 0 atom stereocenters. The van der Waals surface area contributed by atoms with Crippen LogP contribution in [0.4, 0.5) is 5.69 Å². The van der Waals surface area contributed by atoms with Crippen LogP contribution < -0.4 is 5.32 Å². The summed E-state index contributed by atoms with van der Waals surface area (Å²) in [4.78, 5) is 6.82. The summed E-state index contributed by atoms with van der Waals surface area (Å²) in [5.74, 6) is 0. The molecule has 2 aromatic heterocycles. The summed E-state index contributed by atoms with van der Waals surface area (Å²) in [5, 5.41) is 12.5. The maximum atomic E-state index is 9.18. The molecule has 106 valence electrons. The number of anilines is 1. The van der Waals surface area contributed by atoms with Crippen LogP contribution in [0.5, 0.6) is 0 Å². The quantitative estimate of drug-likeness (QED) is 0.758. The molecule has 0 saturated heterocycles. The van der Waals surface area contributed by atoms with Crippen LogP contribution in [0.3, 0.4) is 0 Å². The van der Waals surface area contributed by atoms with Crippen LogP contribution >= 0.6 is 27.3 Å². The van der Waals surface area contributed by atoms with Gasteiger partial charge in [-0.3, -0.25) is 4.40 Å². The molecule has 0 amide bonds. The van der Waals surface area contributed by atoms with Crippen LogP contribution in [-0.2, 0) is 6.54 Å². The number of nitrogens with one attached hydrogen (secondary N) is 1. The lowest BCUT2D eigenvalue weighted by Gasteiger charge is -2.09. The first kappa shape index (κ1) is 14.1. The molecule has 3 rings (SSSR count). The van der Waals surface area contributed by atoms with Crippen LogP contribution in [0.2, 0.25) is 0 Å². The lowest BCUT2D eigenvalue weighted by molar-refractivity contribution is 0.990. The number of halogens is 1. The number of hydrogen-bond acceptors (Lipinski definition) is 4. The predicted molar refractivity (Wildman–Crippen MR) is 88.7 cm³/mol. The molecule has 0 aliphatic rings. The molecule has 0 fully saturated rings. The fourth-order valence-electron chi connectivity index (χ4n) is 2.26. The van der Waals surface area contributed by atoms with Gasteiger partial charge in [-0.1, -0.05) is 15.9 Å². The molecule has 0 unspecified atom stereocenters. The molecule has 1 aromatic carbocycles. The maximum absolute atomic E-state index is 9.18. The number of rotatable bonds is 3. The molecule has 1 N–H and O–H groups in total. The van der Waals surface area contributed by atoms with Crippen LogP contribution in [0.15, 0.2) is 28.9 Å². The lowest BCUT2D eigenvalue weighted by Crippen LogP contribution is -2.05. The van der Waals surface area contributed by atoms with E-state index in [0.29, 0.717) is 12.1 Å². The van der Waals surface area contributed by atoms with Crippen molar-refractivity contribution in [1.82, 2.24) is 9.38 Å². The van der Waals surface area contributed by atoms with Gasteiger partial charge in [0.2, 0.25) is 0 Å². The second-order valence-corrected chi connectivity index (χ2v) is 6.92. The van der Waals surface area contributed by atoms with Gasteiger partial charge in [0.05, 0.1) is 29.2 Å². The largest absolute Gasteiger partial charge is 0.378 e. The fourth-order valence-corrected chi connectivity index (χ4v) is 3.51. The van der Waals surface area contributed by atoms with E-state index < -0.39 is 0 Å². The molecular weight excluding hydrogens is 348 g/mol. The third-order valence-electron chi connectivity index (χ3n) is 3.29. The van der Waals surface area contributed by atoms with Gasteiger partial charge in [0.1, 0.15) is 6.07 Å². The fraction of sp³-hybridized carbons (Fsp3) is 0.200. The molecule has 0 saturated carbocycles. The number of aromatic nitrogens is 2. The summed E-state index contributed by atoms with van der Waals surface area (Å²) in [6.45, 7) is 4.72. The van der Waals surface area contributed by atoms with Crippen LogP contribution in [0, 0.1) is 25.2 Å². The van der Waals surface area contributed by atoms with E-state index in [1.807, 2.05) is 19.1 Å². The molecule has 0 bridgehead atoms. The molecule has 0 aliphatic heterocycles. The Morgan fingerprint density at radius 2 is 2.24 bits per heavy atom. The normalized spacial score (nSPS) is 10.8. The zero-order chi connectivity index (χ0) is 15.0. The van der Waals surface area contributed by atoms with Crippen molar-refractivity contribution in [2.24, 2.45) is 0 Å². The van der Waals surface area contributed by atoms with Gasteiger partial charge in [-0.05, 0) is 32.0 Å². The Morgan fingerprint density at radius 1 is 1.43 bits per heavy atom. The highest BCUT2D eigenvalue weighted by atomic mass is 79.9. The molecule has 0 aliphatic carbocycles. The summed E-state index contributed by atoms with van der Waals surface area (Å²) in [7, 11) is 0. The van der Waals surface area contributed by atoms with Crippen molar-refractivity contribution in [1.29, 1.82) is 5.26 Å². The van der Waals surface area contributed by atoms with E-state index in [1.165, 1.54) is 4.88 Å². The highest BCUT2D eigenvalue weighted by molar-refractivity contribution is 9.10. The molecule has 2 heterocycles. The molecule has 3 aromatic rings. The Morgan fingerprint density at radius 3 is 3.00 bits per heavy atom. The van der Waals surface area contributed by atoms with E-state index in [2.05, 4.69) is 49.8 Å². The van der Waals surface area contributed by atoms with Crippen molar-refractivity contribution in [3.8, 4) is 6.07 Å². The van der Waals surface area contributed by atoms with E-state index in [9.17, 15) is 5.26 Å². The zero-order valence-electron chi connectivity index (χ0n) is 11.6. The number of imidazole rings is 1. The highest BCUT2D eigenvalue weighted by Crippen LogP contribution is 2.24. The number of thiazole rings is 1. The van der Waals surface area contributed by atoms with Crippen LogP contribution in [-0.4, -0.2) is 9.38 Å². The van der Waals surface area contributed by atoms with Crippen molar-refractivity contribution in [3.63, 3.8) is 0 Å². The molecule has 21 heavy (non-hydrogen) atoms. The van der Waals surface area contributed by atoms with E-state index >= 15 is 0 Å². The Balaban J connectivity index is 1.92. The number of benzene rings is 1. The monoisotopic (exact) mass is 360 g/mol. The molecule has 0 spiro atoms. The summed E-state index contributed by atoms with van der Waals surface area (Å²) in [5.41, 5.74) is 3.60. The second-order valence-electron chi connectivity index (χ2n) is 4.79. The van der Waals surface area contributed by atoms with Gasteiger partial charge in [0.15, 0.2) is 4.96 Å². The van der Waals surface area contributed by atoms with Crippen molar-refractivity contribution in [2.75, 3.05) is 5.32 Å². The van der Waals surface area contributed by atoms with Gasteiger partial charge in [-0.15, -0.1) is 11.3 Å². The van der Waals surface area contributed by atoms with Gasteiger partial charge in [0, 0.05) is 15.5 Å². The SMILES string of the molecule is Cc1cn2c(CNc3cc(Br)ccc3C#N)c(C)nc2s1. The second kappa shape index (κ2) is 5.51. The van der Waals surface area contributed by atoms with Crippen molar-refractivity contribution in [3.05, 3.63) is 50.7 Å². The average Bonchev–Trinajstić information content (AvgIpc) is 2.92. The minimum atomic E-state index is 0.633. The average molecular weight is 361 g/mol. The Labute approximate surface area is 135 Å². The Bertz CT molecular complexity index is 857. The molecule has 0 radical (unpaired) electrons. The first-order valence-corrected chi connectivity index (χ1v) is 8.07. The highest BCUT2D eigenvalue weighted by Gasteiger charge is 2.11. The van der Waals surface area contributed by atoms with E-state index in [0.717, 1.165) is 26.5 Å². The minimum absolute atomic E-state index is 0.633. The van der Waals surface area contributed by atoms with Crippen molar-refractivity contribution < 1.29 is 0 Å². The summed E-state index contributed by atoms with van der Waals surface area (Å²) in [6.07, 6.45) is 2.10. The summed E-state index contributed by atoms with van der Waals surface area (Å²) < 4.78 is 3.07. The maximum Gasteiger partial charge on any atom is 0.194 e. The zero-order valence-corrected chi connectivity index (χ0v) is 14.0. The number of aryl methyl sites for hydroxylation is 2. The summed E-state index contributed by atoms with van der Waals surface area (Å²) in [6, 6.07) is 7.80. The third kappa shape index (κ3) is 2.67. The number of nitriles is 1. The number of nitrogens with zero attached hydrogens (tertiary/aromatic N) is 3. The van der Waals surface area contributed by atoms with Crippen LogP contribution in [0.1, 0.15) is 21.8 Å². The predicted octanol–water partition coefficient (Wildman–Crippen LogP) is 4.26. The Hall–Kier alpha value is -1.84. The minimum Gasteiger partial charge on any atom is -0.378 e. The smallest absolute Gasteiger partial charge is 0.194 e. The van der Waals surface area contributed by atoms with Gasteiger partial charge >= 0.3 is 0 Å². The molecular formula is C15H13BrN4S. The van der Waals surface area contributed by atoms with E-state index in [1.54, 1.807) is 17.4 Å². The Kier molecular flexibility index (Phi) is 3.70.